The maximum atomic E-state index is 5.34. The second-order valence-corrected chi connectivity index (χ2v) is 6.73. The van der Waals surface area contributed by atoms with E-state index >= 15 is 0 Å². The van der Waals surface area contributed by atoms with Crippen LogP contribution in [0.2, 0.25) is 0 Å². The molecule has 1 aliphatic rings. The number of nitrogens with zero attached hydrogens (tertiary/aromatic N) is 4. The van der Waals surface area contributed by atoms with Gasteiger partial charge in [-0.25, -0.2) is 0 Å². The fourth-order valence-corrected chi connectivity index (χ4v) is 3.34. The highest BCUT2D eigenvalue weighted by atomic mass is 16.5. The minimum absolute atomic E-state index is 0.608. The summed E-state index contributed by atoms with van der Waals surface area (Å²) in [5.41, 5.74) is 5.06. The van der Waals surface area contributed by atoms with Crippen LogP contribution in [0.25, 0.3) is 0 Å². The highest BCUT2D eigenvalue weighted by molar-refractivity contribution is 5.80. The fraction of sp³-hybridized carbons (Fsp3) is 0.500. The first-order valence-electron chi connectivity index (χ1n) is 9.33. The van der Waals surface area contributed by atoms with Crippen LogP contribution >= 0.6 is 0 Å². The van der Waals surface area contributed by atoms with E-state index < -0.39 is 0 Å². The Morgan fingerprint density at radius 3 is 2.65 bits per heavy atom. The molecule has 1 N–H and O–H groups in total. The number of rotatable bonds is 4. The molecule has 0 spiro atoms. The van der Waals surface area contributed by atoms with Crippen molar-refractivity contribution in [2.45, 2.75) is 33.7 Å². The predicted octanol–water partition coefficient (Wildman–Crippen LogP) is 2.75. The van der Waals surface area contributed by atoms with Crippen molar-refractivity contribution in [3.05, 3.63) is 46.8 Å². The molecule has 0 atom stereocenters. The van der Waals surface area contributed by atoms with Gasteiger partial charge < -0.3 is 19.6 Å². The quantitative estimate of drug-likeness (QED) is 0.675. The minimum Gasteiger partial charge on any atom is -0.368 e. The Kier molecular flexibility index (Phi) is 5.81. The molecule has 0 saturated carbocycles. The van der Waals surface area contributed by atoms with Crippen LogP contribution in [-0.2, 0) is 13.0 Å². The Bertz CT molecular complexity index is 759. The molecule has 0 aliphatic carbocycles. The van der Waals surface area contributed by atoms with E-state index in [1.165, 1.54) is 16.8 Å². The van der Waals surface area contributed by atoms with Crippen molar-refractivity contribution in [1.29, 1.82) is 0 Å². The lowest BCUT2D eigenvalue weighted by Gasteiger charge is -2.38. The predicted molar refractivity (Wildman–Crippen MR) is 106 cm³/mol. The molecule has 2 aromatic rings. The molecule has 1 aromatic heterocycles. The van der Waals surface area contributed by atoms with Crippen molar-refractivity contribution in [2.75, 3.05) is 38.1 Å². The van der Waals surface area contributed by atoms with E-state index in [0.717, 1.165) is 50.0 Å². The number of aryl methyl sites for hydroxylation is 2. The van der Waals surface area contributed by atoms with Crippen molar-refractivity contribution in [1.82, 2.24) is 15.4 Å². The topological polar surface area (TPSA) is 56.9 Å². The van der Waals surface area contributed by atoms with Crippen molar-refractivity contribution in [2.24, 2.45) is 4.99 Å². The monoisotopic (exact) mass is 355 g/mol. The average molecular weight is 355 g/mol. The number of nitrogens with one attached hydrogen (secondary N) is 1. The van der Waals surface area contributed by atoms with Crippen molar-refractivity contribution >= 4 is 11.6 Å². The number of aromatic nitrogens is 1. The van der Waals surface area contributed by atoms with Gasteiger partial charge in [-0.15, -0.1) is 0 Å². The van der Waals surface area contributed by atoms with Crippen LogP contribution in [0.15, 0.2) is 33.8 Å². The minimum atomic E-state index is 0.608. The van der Waals surface area contributed by atoms with Gasteiger partial charge in [-0.05, 0) is 37.5 Å². The normalized spacial score (nSPS) is 15.5. The third kappa shape index (κ3) is 4.00. The molecule has 0 bridgehead atoms. The van der Waals surface area contributed by atoms with Gasteiger partial charge in [0.05, 0.1) is 12.2 Å². The number of guanidine groups is 1. The summed E-state index contributed by atoms with van der Waals surface area (Å²) < 4.78 is 5.34. The molecule has 6 nitrogen and oxygen atoms in total. The smallest absolute Gasteiger partial charge is 0.194 e. The van der Waals surface area contributed by atoms with Crippen molar-refractivity contribution in [3.8, 4) is 0 Å². The van der Waals surface area contributed by atoms with E-state index in [-0.39, 0.29) is 0 Å². The number of aliphatic imine (C=N–C) groups is 1. The lowest BCUT2D eigenvalue weighted by Crippen LogP contribution is -2.52. The Labute approximate surface area is 155 Å². The van der Waals surface area contributed by atoms with Gasteiger partial charge in [0.1, 0.15) is 0 Å². The SMILES string of the molecule is CCc1cc(CNC(=NC)N2CCN(c3cccc(C)c3C)CC2)on1. The largest absolute Gasteiger partial charge is 0.368 e. The third-order valence-corrected chi connectivity index (χ3v) is 5.10. The van der Waals surface area contributed by atoms with E-state index in [0.29, 0.717) is 6.54 Å². The number of hydrogen-bond donors (Lipinski definition) is 1. The third-order valence-electron chi connectivity index (χ3n) is 5.10. The first-order chi connectivity index (χ1) is 12.6. The average Bonchev–Trinajstić information content (AvgIpc) is 3.13. The Morgan fingerprint density at radius 2 is 2.00 bits per heavy atom. The zero-order valence-corrected chi connectivity index (χ0v) is 16.2. The molecule has 1 aliphatic heterocycles. The van der Waals surface area contributed by atoms with Gasteiger partial charge in [0.15, 0.2) is 11.7 Å². The summed E-state index contributed by atoms with van der Waals surface area (Å²) in [6.07, 6.45) is 0.887. The lowest BCUT2D eigenvalue weighted by molar-refractivity contribution is 0.356. The van der Waals surface area contributed by atoms with E-state index in [9.17, 15) is 0 Å². The number of benzene rings is 1. The van der Waals surface area contributed by atoms with Gasteiger partial charge in [-0.1, -0.05) is 24.2 Å². The van der Waals surface area contributed by atoms with Gasteiger partial charge in [0.2, 0.25) is 0 Å². The van der Waals surface area contributed by atoms with Crippen molar-refractivity contribution in [3.63, 3.8) is 0 Å². The summed E-state index contributed by atoms with van der Waals surface area (Å²) in [5, 5.41) is 7.43. The van der Waals surface area contributed by atoms with Gasteiger partial charge in [0.25, 0.3) is 0 Å². The molecule has 1 saturated heterocycles. The summed E-state index contributed by atoms with van der Waals surface area (Å²) in [6.45, 7) is 10.9. The van der Waals surface area contributed by atoms with Gasteiger partial charge >= 0.3 is 0 Å². The molecule has 1 fully saturated rings. The molecule has 140 valence electrons. The molecule has 6 heteroatoms. The number of piperazine rings is 1. The zero-order chi connectivity index (χ0) is 18.5. The van der Waals surface area contributed by atoms with E-state index in [2.05, 4.69) is 64.2 Å². The van der Waals surface area contributed by atoms with Crippen LogP contribution in [-0.4, -0.2) is 49.2 Å². The van der Waals surface area contributed by atoms with Crippen LogP contribution in [0.5, 0.6) is 0 Å². The molecular weight excluding hydrogens is 326 g/mol. The Hall–Kier alpha value is -2.50. The zero-order valence-electron chi connectivity index (χ0n) is 16.2. The van der Waals surface area contributed by atoms with Crippen LogP contribution in [0.1, 0.15) is 29.5 Å². The Balaban J connectivity index is 1.56. The van der Waals surface area contributed by atoms with Crippen LogP contribution in [0, 0.1) is 13.8 Å². The molecule has 2 heterocycles. The van der Waals surface area contributed by atoms with Crippen LogP contribution in [0.3, 0.4) is 0 Å². The number of hydrogen-bond acceptors (Lipinski definition) is 4. The molecule has 0 amide bonds. The summed E-state index contributed by atoms with van der Waals surface area (Å²) in [7, 11) is 1.83. The lowest BCUT2D eigenvalue weighted by atomic mass is 10.1. The summed E-state index contributed by atoms with van der Waals surface area (Å²) in [4.78, 5) is 9.21. The van der Waals surface area contributed by atoms with E-state index in [4.69, 9.17) is 4.52 Å². The Morgan fingerprint density at radius 1 is 1.23 bits per heavy atom. The second-order valence-electron chi connectivity index (χ2n) is 6.73. The van der Waals surface area contributed by atoms with E-state index in [1.54, 1.807) is 0 Å². The van der Waals surface area contributed by atoms with Gasteiger partial charge in [0, 0.05) is 45.0 Å². The summed E-state index contributed by atoms with van der Waals surface area (Å²) >= 11 is 0. The highest BCUT2D eigenvalue weighted by Gasteiger charge is 2.21. The molecule has 26 heavy (non-hydrogen) atoms. The van der Waals surface area contributed by atoms with Crippen molar-refractivity contribution < 1.29 is 4.52 Å². The van der Waals surface area contributed by atoms with Gasteiger partial charge in [-0.3, -0.25) is 4.99 Å². The van der Waals surface area contributed by atoms with Gasteiger partial charge in [-0.2, -0.15) is 0 Å². The second kappa shape index (κ2) is 8.25. The summed E-state index contributed by atoms with van der Waals surface area (Å²) in [6, 6.07) is 8.54. The molecule has 1 aromatic carbocycles. The van der Waals surface area contributed by atoms with Crippen LogP contribution < -0.4 is 10.2 Å². The first-order valence-corrected chi connectivity index (χ1v) is 9.33. The number of anilines is 1. The maximum Gasteiger partial charge on any atom is 0.194 e. The van der Waals surface area contributed by atoms with E-state index in [1.807, 2.05) is 13.1 Å². The van der Waals surface area contributed by atoms with Crippen LogP contribution in [0.4, 0.5) is 5.69 Å². The maximum absolute atomic E-state index is 5.34. The molecule has 0 unspecified atom stereocenters. The standard InChI is InChI=1S/C20H29N5O/c1-5-17-13-18(26-23-17)14-22-20(21-4)25-11-9-24(10-12-25)19-8-6-7-15(2)16(19)3/h6-8,13H,5,9-12,14H2,1-4H3,(H,21,22). The first kappa shape index (κ1) is 18.3. The molecule has 3 rings (SSSR count). The highest BCUT2D eigenvalue weighted by Crippen LogP contribution is 2.23. The molecular formula is C20H29N5O. The molecule has 0 radical (unpaired) electrons. The fourth-order valence-electron chi connectivity index (χ4n) is 3.34. The summed E-state index contributed by atoms with van der Waals surface area (Å²) in [5.74, 6) is 1.76.